The summed E-state index contributed by atoms with van der Waals surface area (Å²) >= 11 is 6.27. The summed E-state index contributed by atoms with van der Waals surface area (Å²) in [5.74, 6) is 0.116. The molecule has 7 heteroatoms. The number of halogens is 1. The second kappa shape index (κ2) is 6.29. The van der Waals surface area contributed by atoms with E-state index in [2.05, 4.69) is 15.9 Å². The predicted molar refractivity (Wildman–Crippen MR) is 88.1 cm³/mol. The van der Waals surface area contributed by atoms with E-state index in [4.69, 9.17) is 0 Å². The molecular weight excluding hydrogens is 372 g/mol. The highest BCUT2D eigenvalue weighted by atomic mass is 79.9. The molecule has 0 unspecified atom stereocenters. The molecule has 0 spiro atoms. The summed E-state index contributed by atoms with van der Waals surface area (Å²) < 4.78 is 0.956. The molecule has 1 aliphatic rings. The van der Waals surface area contributed by atoms with Gasteiger partial charge in [-0.25, -0.2) is 0 Å². The molecular formula is C14H13BrN2O2S2. The first-order chi connectivity index (χ1) is 10.1. The normalized spacial score (nSPS) is 15.3. The molecule has 2 aromatic rings. The van der Waals surface area contributed by atoms with Gasteiger partial charge in [0.2, 0.25) is 0 Å². The maximum absolute atomic E-state index is 12.3. The zero-order valence-corrected chi connectivity index (χ0v) is 14.3. The van der Waals surface area contributed by atoms with Crippen LogP contribution in [0.25, 0.3) is 0 Å². The molecule has 0 bridgehead atoms. The van der Waals surface area contributed by atoms with Crippen molar-refractivity contribution in [2.24, 2.45) is 0 Å². The third-order valence-corrected chi connectivity index (χ3v) is 5.84. The van der Waals surface area contributed by atoms with Crippen LogP contribution in [0.15, 0.2) is 33.4 Å². The summed E-state index contributed by atoms with van der Waals surface area (Å²) in [5.41, 5.74) is 0. The standard InChI is InChI=1S/C14H13BrN2O2S2/c15-12-4-3-11(21-12)14(19)17-7-5-16(6-8-17)13(18)10-2-1-9-20-10/h1-4,9H,5-8H2. The van der Waals surface area contributed by atoms with Gasteiger partial charge in [-0.2, -0.15) is 0 Å². The molecule has 1 saturated heterocycles. The number of nitrogens with zero attached hydrogens (tertiary/aromatic N) is 2. The van der Waals surface area contributed by atoms with E-state index in [1.807, 2.05) is 39.4 Å². The van der Waals surface area contributed by atoms with Gasteiger partial charge in [-0.05, 0) is 39.5 Å². The fraction of sp³-hybridized carbons (Fsp3) is 0.286. The third-order valence-electron chi connectivity index (χ3n) is 3.37. The van der Waals surface area contributed by atoms with Crippen molar-refractivity contribution in [1.29, 1.82) is 0 Å². The number of piperazine rings is 1. The first kappa shape index (κ1) is 14.7. The van der Waals surface area contributed by atoms with E-state index in [9.17, 15) is 9.59 Å². The SMILES string of the molecule is O=C(c1cccs1)N1CCN(C(=O)c2ccc(Br)s2)CC1. The Hall–Kier alpha value is -1.18. The Morgan fingerprint density at radius 1 is 0.952 bits per heavy atom. The fourth-order valence-corrected chi connectivity index (χ4v) is 4.30. The monoisotopic (exact) mass is 384 g/mol. The number of amides is 2. The van der Waals surface area contributed by atoms with Crippen molar-refractivity contribution >= 4 is 50.4 Å². The van der Waals surface area contributed by atoms with Crippen molar-refractivity contribution in [3.05, 3.63) is 43.2 Å². The van der Waals surface area contributed by atoms with Gasteiger partial charge >= 0.3 is 0 Å². The number of carbonyl (C=O) groups excluding carboxylic acids is 2. The van der Waals surface area contributed by atoms with Crippen LogP contribution >= 0.6 is 38.6 Å². The van der Waals surface area contributed by atoms with Crippen molar-refractivity contribution in [3.8, 4) is 0 Å². The van der Waals surface area contributed by atoms with Crippen LogP contribution < -0.4 is 0 Å². The second-order valence-corrected chi connectivity index (χ2v) is 8.08. The van der Waals surface area contributed by atoms with Gasteiger partial charge in [0.05, 0.1) is 13.5 Å². The van der Waals surface area contributed by atoms with E-state index in [1.54, 1.807) is 0 Å². The van der Waals surface area contributed by atoms with E-state index in [1.165, 1.54) is 22.7 Å². The molecule has 4 nitrogen and oxygen atoms in total. The summed E-state index contributed by atoms with van der Waals surface area (Å²) in [4.78, 5) is 29.7. The van der Waals surface area contributed by atoms with E-state index in [0.29, 0.717) is 26.2 Å². The number of rotatable bonds is 2. The summed E-state index contributed by atoms with van der Waals surface area (Å²) in [7, 11) is 0. The average molecular weight is 385 g/mol. The van der Waals surface area contributed by atoms with Crippen LogP contribution in [0, 0.1) is 0 Å². The van der Waals surface area contributed by atoms with Gasteiger partial charge in [-0.15, -0.1) is 22.7 Å². The molecule has 3 rings (SSSR count). The molecule has 1 aliphatic heterocycles. The molecule has 2 amide bonds. The van der Waals surface area contributed by atoms with E-state index < -0.39 is 0 Å². The first-order valence-electron chi connectivity index (χ1n) is 6.52. The Bertz CT molecular complexity index is 646. The summed E-state index contributed by atoms with van der Waals surface area (Å²) in [5, 5.41) is 1.90. The lowest BCUT2D eigenvalue weighted by Gasteiger charge is -2.34. The number of carbonyl (C=O) groups is 2. The van der Waals surface area contributed by atoms with Gasteiger partial charge in [0.1, 0.15) is 0 Å². The van der Waals surface area contributed by atoms with Crippen LogP contribution in [0.3, 0.4) is 0 Å². The first-order valence-corrected chi connectivity index (χ1v) is 9.01. The molecule has 3 heterocycles. The molecule has 110 valence electrons. The molecule has 21 heavy (non-hydrogen) atoms. The van der Waals surface area contributed by atoms with Crippen molar-refractivity contribution in [1.82, 2.24) is 9.80 Å². The van der Waals surface area contributed by atoms with Gasteiger partial charge < -0.3 is 9.80 Å². The van der Waals surface area contributed by atoms with E-state index >= 15 is 0 Å². The van der Waals surface area contributed by atoms with Crippen LogP contribution in [0.1, 0.15) is 19.3 Å². The predicted octanol–water partition coefficient (Wildman–Crippen LogP) is 3.17. The van der Waals surface area contributed by atoms with Crippen molar-refractivity contribution in [2.45, 2.75) is 0 Å². The van der Waals surface area contributed by atoms with Crippen LogP contribution in [-0.4, -0.2) is 47.8 Å². The molecule has 1 fully saturated rings. The molecule has 0 saturated carbocycles. The average Bonchev–Trinajstić information content (AvgIpc) is 3.17. The minimum Gasteiger partial charge on any atom is -0.334 e. The minimum absolute atomic E-state index is 0.0499. The minimum atomic E-state index is 0.0499. The molecule has 0 aromatic carbocycles. The quantitative estimate of drug-likeness (QED) is 0.797. The number of hydrogen-bond acceptors (Lipinski definition) is 4. The van der Waals surface area contributed by atoms with Crippen molar-refractivity contribution < 1.29 is 9.59 Å². The smallest absolute Gasteiger partial charge is 0.264 e. The summed E-state index contributed by atoms with van der Waals surface area (Å²) in [6.07, 6.45) is 0. The van der Waals surface area contributed by atoms with Crippen molar-refractivity contribution in [2.75, 3.05) is 26.2 Å². The highest BCUT2D eigenvalue weighted by Crippen LogP contribution is 2.24. The van der Waals surface area contributed by atoms with Crippen LogP contribution in [0.5, 0.6) is 0 Å². The largest absolute Gasteiger partial charge is 0.334 e. The highest BCUT2D eigenvalue weighted by Gasteiger charge is 2.26. The highest BCUT2D eigenvalue weighted by molar-refractivity contribution is 9.11. The van der Waals surface area contributed by atoms with Crippen LogP contribution in [0.2, 0.25) is 0 Å². The molecule has 0 aliphatic carbocycles. The Morgan fingerprint density at radius 2 is 1.57 bits per heavy atom. The Labute approximate surface area is 139 Å². The zero-order valence-electron chi connectivity index (χ0n) is 11.1. The molecule has 0 N–H and O–H groups in total. The van der Waals surface area contributed by atoms with Gasteiger partial charge in [0, 0.05) is 26.2 Å². The fourth-order valence-electron chi connectivity index (χ4n) is 2.25. The van der Waals surface area contributed by atoms with Gasteiger partial charge in [-0.3, -0.25) is 9.59 Å². The van der Waals surface area contributed by atoms with Crippen LogP contribution in [0.4, 0.5) is 0 Å². The zero-order chi connectivity index (χ0) is 14.8. The lowest BCUT2D eigenvalue weighted by atomic mass is 10.2. The maximum Gasteiger partial charge on any atom is 0.264 e. The summed E-state index contributed by atoms with van der Waals surface area (Å²) in [6, 6.07) is 7.44. The Balaban J connectivity index is 1.60. The molecule has 0 atom stereocenters. The third kappa shape index (κ3) is 3.20. The lowest BCUT2D eigenvalue weighted by molar-refractivity contribution is 0.0541. The molecule has 2 aromatic heterocycles. The van der Waals surface area contributed by atoms with Gasteiger partial charge in [-0.1, -0.05) is 6.07 Å². The van der Waals surface area contributed by atoms with E-state index in [-0.39, 0.29) is 11.8 Å². The van der Waals surface area contributed by atoms with Gasteiger partial charge in [0.25, 0.3) is 11.8 Å². The van der Waals surface area contributed by atoms with Crippen molar-refractivity contribution in [3.63, 3.8) is 0 Å². The Kier molecular flexibility index (Phi) is 4.42. The topological polar surface area (TPSA) is 40.6 Å². The number of hydrogen-bond donors (Lipinski definition) is 0. The van der Waals surface area contributed by atoms with Gasteiger partial charge in [0.15, 0.2) is 0 Å². The lowest BCUT2D eigenvalue weighted by Crippen LogP contribution is -2.50. The second-order valence-electron chi connectivity index (χ2n) is 4.67. The number of thiophene rings is 2. The Morgan fingerprint density at radius 3 is 2.05 bits per heavy atom. The summed E-state index contributed by atoms with van der Waals surface area (Å²) in [6.45, 7) is 2.36. The van der Waals surface area contributed by atoms with E-state index in [0.717, 1.165) is 13.5 Å². The van der Waals surface area contributed by atoms with Crippen LogP contribution in [-0.2, 0) is 0 Å². The molecule has 0 radical (unpaired) electrons. The maximum atomic E-state index is 12.3.